The van der Waals surface area contributed by atoms with Gasteiger partial charge in [-0.05, 0) is 12.8 Å². The third kappa shape index (κ3) is 33.6. The fourth-order valence-electron chi connectivity index (χ4n) is 9.11. The van der Waals surface area contributed by atoms with Gasteiger partial charge in [0.2, 0.25) is 5.91 Å². The Labute approximate surface area is 383 Å². The number of nitrogens with one attached hydrogen (secondary N) is 1. The highest BCUT2D eigenvalue weighted by atomic mass is 16.7. The highest BCUT2D eigenvalue weighted by molar-refractivity contribution is 5.76. The molecule has 370 valence electrons. The molecule has 6 N–H and O–H groups in total. The van der Waals surface area contributed by atoms with Crippen molar-refractivity contribution in [3.63, 3.8) is 0 Å². The maximum Gasteiger partial charge on any atom is 0.220 e. The lowest BCUT2D eigenvalue weighted by Crippen LogP contribution is -2.60. The van der Waals surface area contributed by atoms with Crippen molar-refractivity contribution in [1.29, 1.82) is 0 Å². The van der Waals surface area contributed by atoms with Gasteiger partial charge in [0, 0.05) is 6.42 Å². The standard InChI is InChI=1S/C53H105NO8/c1-3-5-7-9-11-13-15-17-19-21-22-23-24-25-26-27-29-31-33-35-37-39-41-43-49(57)54-46(45-61-53-52(60)51(59)50(58)48(44-55)62-53)47(56)42-40-38-36-34-32-30-28-20-18-16-14-12-10-8-6-4-2/h46-48,50-53,55-56,58-60H,3-45H2,1-2H3,(H,54,57). The van der Waals surface area contributed by atoms with Crippen molar-refractivity contribution in [3.8, 4) is 0 Å². The second kappa shape index (κ2) is 44.0. The average molecular weight is 884 g/mol. The van der Waals surface area contributed by atoms with Gasteiger partial charge in [-0.25, -0.2) is 0 Å². The Balaban J connectivity index is 2.20. The Morgan fingerprint density at radius 1 is 0.484 bits per heavy atom. The summed E-state index contributed by atoms with van der Waals surface area (Å²) in [5, 5.41) is 54.6. The van der Waals surface area contributed by atoms with Crippen LogP contribution in [-0.2, 0) is 14.3 Å². The van der Waals surface area contributed by atoms with E-state index in [-0.39, 0.29) is 12.5 Å². The number of aliphatic hydroxyl groups excluding tert-OH is 5. The molecule has 0 aromatic heterocycles. The van der Waals surface area contributed by atoms with E-state index in [4.69, 9.17) is 9.47 Å². The Bertz CT molecular complexity index is 939. The van der Waals surface area contributed by atoms with E-state index in [0.717, 1.165) is 38.5 Å². The van der Waals surface area contributed by atoms with Crippen LogP contribution in [0.1, 0.15) is 277 Å². The van der Waals surface area contributed by atoms with Gasteiger partial charge < -0.3 is 40.3 Å². The van der Waals surface area contributed by atoms with E-state index in [0.29, 0.717) is 12.8 Å². The van der Waals surface area contributed by atoms with Crippen LogP contribution in [0.4, 0.5) is 0 Å². The Hall–Kier alpha value is -0.810. The van der Waals surface area contributed by atoms with Crippen molar-refractivity contribution in [2.24, 2.45) is 0 Å². The molecule has 1 aliphatic rings. The van der Waals surface area contributed by atoms with Crippen molar-refractivity contribution in [3.05, 3.63) is 0 Å². The first-order valence-corrected chi connectivity index (χ1v) is 27.2. The molecule has 0 spiro atoms. The van der Waals surface area contributed by atoms with E-state index in [2.05, 4.69) is 19.2 Å². The summed E-state index contributed by atoms with van der Waals surface area (Å²) >= 11 is 0. The zero-order valence-electron chi connectivity index (χ0n) is 40.9. The molecule has 7 unspecified atom stereocenters. The molecule has 0 radical (unpaired) electrons. The fourth-order valence-corrected chi connectivity index (χ4v) is 9.11. The minimum atomic E-state index is -1.55. The number of unbranched alkanes of at least 4 members (excludes halogenated alkanes) is 37. The van der Waals surface area contributed by atoms with Gasteiger partial charge in [-0.3, -0.25) is 4.79 Å². The first kappa shape index (κ1) is 59.2. The molecule has 62 heavy (non-hydrogen) atoms. The predicted molar refractivity (Wildman–Crippen MR) is 258 cm³/mol. The molecule has 1 rings (SSSR count). The molecule has 1 aliphatic heterocycles. The highest BCUT2D eigenvalue weighted by Crippen LogP contribution is 2.23. The predicted octanol–water partition coefficient (Wildman–Crippen LogP) is 12.7. The van der Waals surface area contributed by atoms with Gasteiger partial charge in [-0.15, -0.1) is 0 Å². The Kier molecular flexibility index (Phi) is 42.1. The number of hydrogen-bond donors (Lipinski definition) is 6. The molecule has 0 bridgehead atoms. The maximum atomic E-state index is 13.0. The Morgan fingerprint density at radius 3 is 1.15 bits per heavy atom. The second-order valence-electron chi connectivity index (χ2n) is 19.4. The van der Waals surface area contributed by atoms with Crippen LogP contribution in [0.15, 0.2) is 0 Å². The second-order valence-corrected chi connectivity index (χ2v) is 19.4. The molecular weight excluding hydrogens is 779 g/mol. The van der Waals surface area contributed by atoms with Crippen LogP contribution in [0.25, 0.3) is 0 Å². The maximum absolute atomic E-state index is 13.0. The number of carbonyl (C=O) groups excluding carboxylic acids is 1. The van der Waals surface area contributed by atoms with Gasteiger partial charge in [-0.1, -0.05) is 258 Å². The van der Waals surface area contributed by atoms with Crippen LogP contribution in [0, 0.1) is 0 Å². The SMILES string of the molecule is CCCCCCCCCCCCCCCCCCCCCCCCCC(=O)NC(COC1OC(CO)C(O)C(O)C1O)C(O)CCCCCCCCCCCCCCCCCC. The van der Waals surface area contributed by atoms with Crippen molar-refractivity contribution in [1.82, 2.24) is 5.32 Å². The average Bonchev–Trinajstić information content (AvgIpc) is 3.27. The van der Waals surface area contributed by atoms with Gasteiger partial charge >= 0.3 is 0 Å². The normalized spacial score (nSPS) is 20.1. The zero-order chi connectivity index (χ0) is 45.1. The van der Waals surface area contributed by atoms with Crippen LogP contribution in [-0.4, -0.2) is 87.5 Å². The number of ether oxygens (including phenoxy) is 2. The summed E-state index contributed by atoms with van der Waals surface area (Å²) in [5.74, 6) is -0.137. The molecule has 7 atom stereocenters. The monoisotopic (exact) mass is 884 g/mol. The number of aliphatic hydroxyl groups is 5. The highest BCUT2D eigenvalue weighted by Gasteiger charge is 2.44. The molecule has 1 fully saturated rings. The molecule has 1 heterocycles. The third-order valence-electron chi connectivity index (χ3n) is 13.5. The summed E-state index contributed by atoms with van der Waals surface area (Å²) in [7, 11) is 0. The van der Waals surface area contributed by atoms with Gasteiger partial charge in [0.25, 0.3) is 0 Å². The van der Waals surface area contributed by atoms with Crippen molar-refractivity contribution in [2.75, 3.05) is 13.2 Å². The summed E-state index contributed by atoms with van der Waals surface area (Å²) in [6, 6.07) is -0.712. The number of amides is 1. The summed E-state index contributed by atoms with van der Waals surface area (Å²) in [4.78, 5) is 13.0. The van der Waals surface area contributed by atoms with Crippen molar-refractivity contribution < 1.29 is 39.8 Å². The van der Waals surface area contributed by atoms with E-state index >= 15 is 0 Å². The van der Waals surface area contributed by atoms with Gasteiger partial charge in [-0.2, -0.15) is 0 Å². The lowest BCUT2D eigenvalue weighted by atomic mass is 9.99. The molecule has 0 saturated carbocycles. The van der Waals surface area contributed by atoms with Crippen molar-refractivity contribution in [2.45, 2.75) is 320 Å². The van der Waals surface area contributed by atoms with E-state index in [1.54, 1.807) is 0 Å². The molecule has 1 saturated heterocycles. The summed E-state index contributed by atoms with van der Waals surface area (Å²) in [6.45, 7) is 3.88. The zero-order valence-corrected chi connectivity index (χ0v) is 40.9. The van der Waals surface area contributed by atoms with Crippen LogP contribution in [0.3, 0.4) is 0 Å². The molecule has 0 aromatic rings. The van der Waals surface area contributed by atoms with Crippen LogP contribution in [0.5, 0.6) is 0 Å². The minimum absolute atomic E-state index is 0.131. The van der Waals surface area contributed by atoms with E-state index in [1.807, 2.05) is 0 Å². The van der Waals surface area contributed by atoms with Crippen LogP contribution < -0.4 is 5.32 Å². The van der Waals surface area contributed by atoms with E-state index in [1.165, 1.54) is 212 Å². The first-order valence-electron chi connectivity index (χ1n) is 27.2. The molecule has 9 nitrogen and oxygen atoms in total. The Morgan fingerprint density at radius 2 is 0.806 bits per heavy atom. The lowest BCUT2D eigenvalue weighted by Gasteiger charge is -2.40. The van der Waals surface area contributed by atoms with E-state index < -0.39 is 49.5 Å². The number of hydrogen-bond acceptors (Lipinski definition) is 8. The molecule has 0 aromatic carbocycles. The molecule has 1 amide bonds. The largest absolute Gasteiger partial charge is 0.394 e. The van der Waals surface area contributed by atoms with Gasteiger partial charge in [0.1, 0.15) is 24.4 Å². The quantitative estimate of drug-likeness (QED) is 0.0331. The van der Waals surface area contributed by atoms with Crippen molar-refractivity contribution >= 4 is 5.91 Å². The molecule has 0 aliphatic carbocycles. The first-order chi connectivity index (χ1) is 30.3. The van der Waals surface area contributed by atoms with Gasteiger partial charge in [0.15, 0.2) is 6.29 Å². The minimum Gasteiger partial charge on any atom is -0.394 e. The van der Waals surface area contributed by atoms with Crippen LogP contribution in [0.2, 0.25) is 0 Å². The fraction of sp³-hybridized carbons (Fsp3) is 0.981. The van der Waals surface area contributed by atoms with E-state index in [9.17, 15) is 30.3 Å². The topological polar surface area (TPSA) is 149 Å². The smallest absolute Gasteiger partial charge is 0.220 e. The molecular formula is C53H105NO8. The molecule has 9 heteroatoms. The summed E-state index contributed by atoms with van der Waals surface area (Å²) < 4.78 is 11.3. The van der Waals surface area contributed by atoms with Gasteiger partial charge in [0.05, 0.1) is 25.4 Å². The van der Waals surface area contributed by atoms with Crippen LogP contribution >= 0.6 is 0 Å². The summed E-state index contributed by atoms with van der Waals surface area (Å²) in [6.07, 6.45) is 44.1. The number of carbonyl (C=O) groups is 1. The third-order valence-corrected chi connectivity index (χ3v) is 13.5. The lowest BCUT2D eigenvalue weighted by molar-refractivity contribution is -0.302. The summed E-state index contributed by atoms with van der Waals surface area (Å²) in [5.41, 5.74) is 0. The number of rotatable bonds is 47.